The van der Waals surface area contributed by atoms with Crippen molar-refractivity contribution < 1.29 is 13.9 Å². The Hall–Kier alpha value is -1.62. The number of carbonyl (C=O) groups is 1. The van der Waals surface area contributed by atoms with Gasteiger partial charge in [-0.3, -0.25) is 9.69 Å². The number of ether oxygens (including phenoxy) is 1. The summed E-state index contributed by atoms with van der Waals surface area (Å²) in [6, 6.07) is 3.70. The van der Waals surface area contributed by atoms with Crippen molar-refractivity contribution in [2.75, 3.05) is 20.2 Å². The molecule has 1 atom stereocenters. The minimum Gasteiger partial charge on any atom is -0.489 e. The summed E-state index contributed by atoms with van der Waals surface area (Å²) in [6.45, 7) is 3.71. The first-order chi connectivity index (χ1) is 11.7. The van der Waals surface area contributed by atoms with Crippen LogP contribution >= 0.6 is 0 Å². The highest BCUT2D eigenvalue weighted by atomic mass is 19.1. The predicted molar refractivity (Wildman–Crippen MR) is 92.0 cm³/mol. The van der Waals surface area contributed by atoms with Crippen molar-refractivity contribution in [3.05, 3.63) is 29.1 Å². The molecule has 1 aromatic carbocycles. The van der Waals surface area contributed by atoms with Crippen LogP contribution in [0.5, 0.6) is 5.75 Å². The summed E-state index contributed by atoms with van der Waals surface area (Å²) in [5.74, 6) is -0.298. The second-order valence-electron chi connectivity index (χ2n) is 6.83. The van der Waals surface area contributed by atoms with E-state index < -0.39 is 0 Å². The molecule has 4 nitrogen and oxygen atoms in total. The van der Waals surface area contributed by atoms with Gasteiger partial charge >= 0.3 is 0 Å². The van der Waals surface area contributed by atoms with E-state index in [1.165, 1.54) is 31.7 Å². The zero-order chi connectivity index (χ0) is 17.1. The van der Waals surface area contributed by atoms with Crippen molar-refractivity contribution in [1.82, 2.24) is 10.2 Å². The second-order valence-corrected chi connectivity index (χ2v) is 6.83. The summed E-state index contributed by atoms with van der Waals surface area (Å²) < 4.78 is 19.9. The third kappa shape index (κ3) is 3.27. The highest BCUT2D eigenvalue weighted by Crippen LogP contribution is 2.34. The molecule has 0 saturated heterocycles. The summed E-state index contributed by atoms with van der Waals surface area (Å²) in [5, 5.41) is 2.64. The first-order valence-corrected chi connectivity index (χ1v) is 9.07. The van der Waals surface area contributed by atoms with Crippen LogP contribution in [0.25, 0.3) is 0 Å². The lowest BCUT2D eigenvalue weighted by atomic mass is 9.94. The van der Waals surface area contributed by atoms with Gasteiger partial charge < -0.3 is 10.1 Å². The summed E-state index contributed by atoms with van der Waals surface area (Å²) in [6.07, 6.45) is 6.79. The van der Waals surface area contributed by atoms with Gasteiger partial charge in [0.15, 0.2) is 11.6 Å². The number of amides is 1. The number of carbonyl (C=O) groups excluding carboxylic acids is 1. The summed E-state index contributed by atoms with van der Waals surface area (Å²) in [4.78, 5) is 14.7. The van der Waals surface area contributed by atoms with E-state index in [4.69, 9.17) is 4.74 Å². The monoisotopic (exact) mass is 334 g/mol. The Morgan fingerprint density at radius 2 is 2.08 bits per heavy atom. The fraction of sp³-hybridized carbons (Fsp3) is 0.632. The normalized spacial score (nSPS) is 20.8. The fourth-order valence-electron chi connectivity index (χ4n) is 4.15. The molecule has 1 N–H and O–H groups in total. The van der Waals surface area contributed by atoms with E-state index in [9.17, 15) is 9.18 Å². The minimum atomic E-state index is -0.376. The van der Waals surface area contributed by atoms with Gasteiger partial charge in [-0.25, -0.2) is 4.39 Å². The van der Waals surface area contributed by atoms with E-state index in [0.717, 1.165) is 13.0 Å². The standard InChI is InChI=1S/C19H27FN2O2/c1-3-10-22(13-6-4-5-7-13)14-11-16-15(19(23)21-2)8-9-17(20)18(16)24-12-14/h8-9,13-14H,3-7,10-12H2,1-2H3,(H,21,23). The zero-order valence-electron chi connectivity index (χ0n) is 14.6. The molecule has 3 rings (SSSR count). The van der Waals surface area contributed by atoms with E-state index >= 15 is 0 Å². The largest absolute Gasteiger partial charge is 0.489 e. The molecule has 5 heteroatoms. The number of hydrogen-bond acceptors (Lipinski definition) is 3. The molecule has 1 aromatic rings. The van der Waals surface area contributed by atoms with E-state index in [1.807, 2.05) is 0 Å². The predicted octanol–water partition coefficient (Wildman–Crippen LogP) is 3.14. The number of nitrogens with one attached hydrogen (secondary N) is 1. The summed E-state index contributed by atoms with van der Waals surface area (Å²) in [7, 11) is 1.60. The third-order valence-corrected chi connectivity index (χ3v) is 5.29. The van der Waals surface area contributed by atoms with E-state index in [2.05, 4.69) is 17.1 Å². The number of hydrogen-bond donors (Lipinski definition) is 1. The molecule has 0 spiro atoms. The lowest BCUT2D eigenvalue weighted by molar-refractivity contribution is 0.0781. The SMILES string of the molecule is CCCN(C1CCCC1)C1COc2c(F)ccc(C(=O)NC)c2C1. The Labute approximate surface area is 143 Å². The van der Waals surface area contributed by atoms with Gasteiger partial charge in [-0.15, -0.1) is 0 Å². The highest BCUT2D eigenvalue weighted by Gasteiger charge is 2.34. The molecule has 1 saturated carbocycles. The maximum atomic E-state index is 14.1. The van der Waals surface area contributed by atoms with Crippen LogP contribution in [0.3, 0.4) is 0 Å². The number of fused-ring (bicyclic) bond motifs is 1. The van der Waals surface area contributed by atoms with Gasteiger partial charge in [-0.1, -0.05) is 19.8 Å². The van der Waals surface area contributed by atoms with Crippen LogP contribution in [0.1, 0.15) is 54.9 Å². The van der Waals surface area contributed by atoms with Crippen molar-refractivity contribution in [3.8, 4) is 5.75 Å². The van der Waals surface area contributed by atoms with E-state index in [1.54, 1.807) is 13.1 Å². The molecule has 0 radical (unpaired) electrons. The lowest BCUT2D eigenvalue weighted by Gasteiger charge is -2.39. The molecule has 1 unspecified atom stereocenters. The van der Waals surface area contributed by atoms with Gasteiger partial charge in [0.2, 0.25) is 0 Å². The van der Waals surface area contributed by atoms with Crippen LogP contribution < -0.4 is 10.1 Å². The maximum Gasteiger partial charge on any atom is 0.251 e. The smallest absolute Gasteiger partial charge is 0.251 e. The Kier molecular flexibility index (Phi) is 5.39. The molecule has 1 amide bonds. The molecule has 1 aliphatic carbocycles. The molecule has 0 aromatic heterocycles. The van der Waals surface area contributed by atoms with Gasteiger partial charge in [0.25, 0.3) is 5.91 Å². The maximum absolute atomic E-state index is 14.1. The van der Waals surface area contributed by atoms with Crippen molar-refractivity contribution in [1.29, 1.82) is 0 Å². The van der Waals surface area contributed by atoms with E-state index in [-0.39, 0.29) is 23.5 Å². The molecular weight excluding hydrogens is 307 g/mol. The Balaban J connectivity index is 1.88. The van der Waals surface area contributed by atoms with Gasteiger partial charge in [0.05, 0.1) is 0 Å². The van der Waals surface area contributed by atoms with Crippen LogP contribution in [0.15, 0.2) is 12.1 Å². The fourth-order valence-corrected chi connectivity index (χ4v) is 4.15. The number of halogens is 1. The first-order valence-electron chi connectivity index (χ1n) is 9.07. The Morgan fingerprint density at radius 3 is 2.75 bits per heavy atom. The van der Waals surface area contributed by atoms with Crippen molar-refractivity contribution in [3.63, 3.8) is 0 Å². The average Bonchev–Trinajstić information content (AvgIpc) is 3.13. The molecule has 132 valence electrons. The van der Waals surface area contributed by atoms with Gasteiger partial charge in [-0.05, 0) is 44.4 Å². The van der Waals surface area contributed by atoms with Crippen molar-refractivity contribution in [2.24, 2.45) is 0 Å². The van der Waals surface area contributed by atoms with Crippen molar-refractivity contribution >= 4 is 5.91 Å². The van der Waals surface area contributed by atoms with Crippen LogP contribution in [0.4, 0.5) is 4.39 Å². The quantitative estimate of drug-likeness (QED) is 0.899. The molecular formula is C19H27FN2O2. The van der Waals surface area contributed by atoms with Gasteiger partial charge in [-0.2, -0.15) is 0 Å². The molecule has 1 aliphatic heterocycles. The van der Waals surface area contributed by atoms with Gasteiger partial charge in [0.1, 0.15) is 6.61 Å². The van der Waals surface area contributed by atoms with Crippen LogP contribution in [0.2, 0.25) is 0 Å². The van der Waals surface area contributed by atoms with Crippen molar-refractivity contribution in [2.45, 2.75) is 57.5 Å². The number of nitrogens with zero attached hydrogens (tertiary/aromatic N) is 1. The topological polar surface area (TPSA) is 41.6 Å². The van der Waals surface area contributed by atoms with Crippen LogP contribution in [-0.4, -0.2) is 43.1 Å². The molecule has 1 heterocycles. The zero-order valence-corrected chi connectivity index (χ0v) is 14.6. The third-order valence-electron chi connectivity index (χ3n) is 5.29. The van der Waals surface area contributed by atoms with Crippen LogP contribution in [0, 0.1) is 5.82 Å². The summed E-state index contributed by atoms with van der Waals surface area (Å²) in [5.41, 5.74) is 1.24. The molecule has 2 aliphatic rings. The summed E-state index contributed by atoms with van der Waals surface area (Å²) >= 11 is 0. The minimum absolute atomic E-state index is 0.182. The molecule has 24 heavy (non-hydrogen) atoms. The average molecular weight is 334 g/mol. The second kappa shape index (κ2) is 7.51. The Bertz CT molecular complexity index is 599. The lowest BCUT2D eigenvalue weighted by Crippen LogP contribution is -2.48. The first kappa shape index (κ1) is 17.2. The van der Waals surface area contributed by atoms with Crippen LogP contribution in [-0.2, 0) is 6.42 Å². The number of benzene rings is 1. The van der Waals surface area contributed by atoms with Gasteiger partial charge in [0, 0.05) is 30.3 Å². The Morgan fingerprint density at radius 1 is 1.33 bits per heavy atom. The highest BCUT2D eigenvalue weighted by molar-refractivity contribution is 5.96. The van der Waals surface area contributed by atoms with E-state index in [0.29, 0.717) is 30.2 Å². The molecule has 0 bridgehead atoms. The number of rotatable bonds is 5. The molecule has 1 fully saturated rings.